The van der Waals surface area contributed by atoms with Crippen LogP contribution >= 0.6 is 0 Å². The second kappa shape index (κ2) is 5.54. The number of ether oxygens (including phenoxy) is 1. The first-order valence-electron chi connectivity index (χ1n) is 4.22. The van der Waals surface area contributed by atoms with Crippen molar-refractivity contribution in [3.63, 3.8) is 0 Å². The average molecular weight is 183 g/mol. The zero-order valence-electron chi connectivity index (χ0n) is 8.41. The third kappa shape index (κ3) is 8.82. The molecule has 0 aliphatic rings. The van der Waals surface area contributed by atoms with Gasteiger partial charge in [0.05, 0.1) is 0 Å². The molecule has 0 aliphatic heterocycles. The Morgan fingerprint density at radius 1 is 1.38 bits per heavy atom. The lowest BCUT2D eigenvalue weighted by atomic mass is 10.2. The van der Waals surface area contributed by atoms with E-state index in [9.17, 15) is 4.79 Å². The quantitative estimate of drug-likeness (QED) is 0.409. The highest BCUT2D eigenvalue weighted by Gasteiger charge is 2.13. The molecule has 0 aromatic rings. The van der Waals surface area contributed by atoms with Crippen LogP contribution in [0.5, 0.6) is 0 Å². The molecule has 0 rings (SSSR count). The van der Waals surface area contributed by atoms with Crippen LogP contribution in [-0.4, -0.2) is 18.1 Å². The highest BCUT2D eigenvalue weighted by molar-refractivity contribution is 5.82. The van der Waals surface area contributed by atoms with E-state index < -0.39 is 5.60 Å². The van der Waals surface area contributed by atoms with Crippen molar-refractivity contribution in [1.29, 1.82) is 0 Å². The van der Waals surface area contributed by atoms with Crippen molar-refractivity contribution in [2.24, 2.45) is 5.73 Å². The second-order valence-electron chi connectivity index (χ2n) is 3.56. The van der Waals surface area contributed by atoms with Gasteiger partial charge in [-0.15, -0.1) is 0 Å². The van der Waals surface area contributed by atoms with Crippen LogP contribution in [0.15, 0.2) is 24.3 Å². The number of esters is 1. The van der Waals surface area contributed by atoms with Crippen LogP contribution in [0, 0.1) is 0 Å². The predicted octanol–water partition coefficient (Wildman–Crippen LogP) is 1.40. The molecule has 0 bridgehead atoms. The minimum atomic E-state index is -0.432. The first-order valence-corrected chi connectivity index (χ1v) is 4.22. The maximum atomic E-state index is 11.0. The normalized spacial score (nSPS) is 12.6. The van der Waals surface area contributed by atoms with Crippen molar-refractivity contribution in [3.05, 3.63) is 24.3 Å². The fourth-order valence-corrected chi connectivity index (χ4v) is 0.627. The number of hydrogen-bond donors (Lipinski definition) is 1. The SMILES string of the molecule is CC(C)(C)OC(=O)C=CC=CCN. The summed E-state index contributed by atoms with van der Waals surface area (Å²) in [6.45, 7) is 5.95. The number of carbonyl (C=O) groups excluding carboxylic acids is 1. The lowest BCUT2D eigenvalue weighted by Gasteiger charge is -2.17. The zero-order chi connectivity index (χ0) is 10.3. The summed E-state index contributed by atoms with van der Waals surface area (Å²) in [5.41, 5.74) is 4.78. The van der Waals surface area contributed by atoms with E-state index in [-0.39, 0.29) is 5.97 Å². The Morgan fingerprint density at radius 2 is 2.00 bits per heavy atom. The van der Waals surface area contributed by atoms with Crippen molar-refractivity contribution in [2.75, 3.05) is 6.54 Å². The van der Waals surface area contributed by atoms with E-state index in [4.69, 9.17) is 10.5 Å². The summed E-state index contributed by atoms with van der Waals surface area (Å²) in [6, 6.07) is 0. The smallest absolute Gasteiger partial charge is 0.331 e. The van der Waals surface area contributed by atoms with Gasteiger partial charge in [-0.1, -0.05) is 18.2 Å². The van der Waals surface area contributed by atoms with E-state index in [0.717, 1.165) is 0 Å². The molecule has 2 N–H and O–H groups in total. The van der Waals surface area contributed by atoms with Crippen molar-refractivity contribution >= 4 is 5.97 Å². The lowest BCUT2D eigenvalue weighted by Crippen LogP contribution is -2.22. The summed E-state index contributed by atoms with van der Waals surface area (Å²) in [6.07, 6.45) is 6.45. The maximum absolute atomic E-state index is 11.0. The Kier molecular flexibility index (Phi) is 5.07. The van der Waals surface area contributed by atoms with Crippen LogP contribution in [0.2, 0.25) is 0 Å². The number of carbonyl (C=O) groups is 1. The van der Waals surface area contributed by atoms with Gasteiger partial charge in [0.15, 0.2) is 0 Å². The van der Waals surface area contributed by atoms with Gasteiger partial charge in [-0.25, -0.2) is 4.79 Å². The van der Waals surface area contributed by atoms with E-state index in [1.165, 1.54) is 6.08 Å². The van der Waals surface area contributed by atoms with Crippen molar-refractivity contribution < 1.29 is 9.53 Å². The molecule has 3 nitrogen and oxygen atoms in total. The molecule has 0 aliphatic carbocycles. The van der Waals surface area contributed by atoms with Gasteiger partial charge in [-0.2, -0.15) is 0 Å². The molecular weight excluding hydrogens is 166 g/mol. The molecule has 0 fully saturated rings. The number of hydrogen-bond acceptors (Lipinski definition) is 3. The van der Waals surface area contributed by atoms with Crippen LogP contribution < -0.4 is 5.73 Å². The van der Waals surface area contributed by atoms with Gasteiger partial charge >= 0.3 is 5.97 Å². The van der Waals surface area contributed by atoms with E-state index in [2.05, 4.69) is 0 Å². The maximum Gasteiger partial charge on any atom is 0.331 e. The highest BCUT2D eigenvalue weighted by Crippen LogP contribution is 2.06. The molecule has 0 saturated heterocycles. The van der Waals surface area contributed by atoms with Crippen molar-refractivity contribution in [1.82, 2.24) is 0 Å². The Labute approximate surface area is 79.3 Å². The topological polar surface area (TPSA) is 52.3 Å². The molecule has 0 heterocycles. The molecule has 0 atom stereocenters. The third-order valence-electron chi connectivity index (χ3n) is 1.02. The molecule has 0 spiro atoms. The predicted molar refractivity (Wildman–Crippen MR) is 53.2 cm³/mol. The van der Waals surface area contributed by atoms with Gasteiger partial charge < -0.3 is 10.5 Å². The minimum Gasteiger partial charge on any atom is -0.457 e. The van der Waals surface area contributed by atoms with Gasteiger partial charge in [0.25, 0.3) is 0 Å². The number of allylic oxidation sites excluding steroid dienone is 2. The summed E-state index contributed by atoms with van der Waals surface area (Å²) in [5, 5.41) is 0. The second-order valence-corrected chi connectivity index (χ2v) is 3.56. The van der Waals surface area contributed by atoms with Gasteiger partial charge in [0.1, 0.15) is 5.60 Å². The largest absolute Gasteiger partial charge is 0.457 e. The van der Waals surface area contributed by atoms with E-state index in [1.54, 1.807) is 18.2 Å². The summed E-state index contributed by atoms with van der Waals surface area (Å²) in [5.74, 6) is -0.339. The summed E-state index contributed by atoms with van der Waals surface area (Å²) < 4.78 is 5.03. The molecule has 13 heavy (non-hydrogen) atoms. The van der Waals surface area contributed by atoms with Crippen LogP contribution in [-0.2, 0) is 9.53 Å². The molecule has 0 amide bonds. The Morgan fingerprint density at radius 3 is 2.46 bits per heavy atom. The van der Waals surface area contributed by atoms with Gasteiger partial charge in [-0.3, -0.25) is 0 Å². The molecular formula is C10H17NO2. The van der Waals surface area contributed by atoms with Crippen molar-refractivity contribution in [3.8, 4) is 0 Å². The molecule has 0 aromatic heterocycles. The van der Waals surface area contributed by atoms with E-state index in [0.29, 0.717) is 6.54 Å². The van der Waals surface area contributed by atoms with Gasteiger partial charge in [-0.05, 0) is 20.8 Å². The minimum absolute atomic E-state index is 0.339. The molecule has 3 heteroatoms. The third-order valence-corrected chi connectivity index (χ3v) is 1.02. The number of nitrogens with two attached hydrogens (primary N) is 1. The van der Waals surface area contributed by atoms with Crippen LogP contribution in [0.1, 0.15) is 20.8 Å². The first kappa shape index (κ1) is 11.9. The van der Waals surface area contributed by atoms with Crippen molar-refractivity contribution in [2.45, 2.75) is 26.4 Å². The molecule has 0 aromatic carbocycles. The highest BCUT2D eigenvalue weighted by atomic mass is 16.6. The van der Waals surface area contributed by atoms with E-state index in [1.807, 2.05) is 20.8 Å². The lowest BCUT2D eigenvalue weighted by molar-refractivity contribution is -0.148. The summed E-state index contributed by atoms with van der Waals surface area (Å²) in [7, 11) is 0. The zero-order valence-corrected chi connectivity index (χ0v) is 8.41. The average Bonchev–Trinajstić information content (AvgIpc) is 1.94. The number of rotatable bonds is 3. The summed E-state index contributed by atoms with van der Waals surface area (Å²) in [4.78, 5) is 11.0. The summed E-state index contributed by atoms with van der Waals surface area (Å²) >= 11 is 0. The Balaban J connectivity index is 3.88. The monoisotopic (exact) mass is 183 g/mol. The Bertz CT molecular complexity index is 211. The van der Waals surface area contributed by atoms with Gasteiger partial charge in [0, 0.05) is 12.6 Å². The van der Waals surface area contributed by atoms with Crippen LogP contribution in [0.4, 0.5) is 0 Å². The first-order chi connectivity index (χ1) is 5.95. The Hall–Kier alpha value is -1.09. The molecule has 74 valence electrons. The standard InChI is InChI=1S/C10H17NO2/c1-10(2,3)13-9(12)7-5-4-6-8-11/h4-7H,8,11H2,1-3H3. The van der Waals surface area contributed by atoms with Gasteiger partial charge in [0.2, 0.25) is 0 Å². The van der Waals surface area contributed by atoms with E-state index >= 15 is 0 Å². The molecule has 0 radical (unpaired) electrons. The fourth-order valence-electron chi connectivity index (χ4n) is 0.627. The van der Waals surface area contributed by atoms with Crippen LogP contribution in [0.25, 0.3) is 0 Å². The fraction of sp³-hybridized carbons (Fsp3) is 0.500. The van der Waals surface area contributed by atoms with Crippen LogP contribution in [0.3, 0.4) is 0 Å². The molecule has 0 unspecified atom stereocenters. The molecule has 0 saturated carbocycles.